The second kappa shape index (κ2) is 5.80. The number of pyridine rings is 1. The summed E-state index contributed by atoms with van der Waals surface area (Å²) in [6.07, 6.45) is 2.18. The molecule has 0 atom stereocenters. The number of halogens is 1. The lowest BCUT2D eigenvalue weighted by atomic mass is 9.90. The maximum Gasteiger partial charge on any atom is 0.141 e. The first-order chi connectivity index (χ1) is 7.53. The molecule has 0 aliphatic heterocycles. The topological polar surface area (TPSA) is 34.1 Å². The fraction of sp³-hybridized carbons (Fsp3) is 0.583. The molecule has 1 rings (SSSR count). The van der Waals surface area contributed by atoms with Gasteiger partial charge in [-0.3, -0.25) is 0 Å². The lowest BCUT2D eigenvalue weighted by Crippen LogP contribution is -2.24. The van der Waals surface area contributed by atoms with Gasteiger partial charge < -0.3 is 10.1 Å². The Hall–Kier alpha value is -1.16. The Morgan fingerprint density at radius 1 is 1.44 bits per heavy atom. The largest absolute Gasteiger partial charge is 0.385 e. The van der Waals surface area contributed by atoms with Gasteiger partial charge in [-0.25, -0.2) is 9.37 Å². The van der Waals surface area contributed by atoms with Gasteiger partial charge in [0.2, 0.25) is 0 Å². The van der Waals surface area contributed by atoms with Gasteiger partial charge in [-0.15, -0.1) is 0 Å². The molecule has 4 heteroatoms. The third kappa shape index (κ3) is 4.57. The predicted molar refractivity (Wildman–Crippen MR) is 63.0 cm³/mol. The highest BCUT2D eigenvalue weighted by Gasteiger charge is 2.17. The normalized spacial score (nSPS) is 11.5. The van der Waals surface area contributed by atoms with Crippen molar-refractivity contribution in [3.05, 3.63) is 24.1 Å². The van der Waals surface area contributed by atoms with Crippen LogP contribution in [0.4, 0.5) is 10.2 Å². The van der Waals surface area contributed by atoms with E-state index in [1.165, 1.54) is 12.3 Å². The second-order valence-electron chi connectivity index (χ2n) is 4.62. The highest BCUT2D eigenvalue weighted by Crippen LogP contribution is 2.20. The number of hydrogen-bond donors (Lipinski definition) is 1. The number of rotatable bonds is 6. The van der Waals surface area contributed by atoms with Gasteiger partial charge in [-0.1, -0.05) is 13.8 Å². The Kier molecular flexibility index (Phi) is 4.68. The van der Waals surface area contributed by atoms with Gasteiger partial charge in [0.15, 0.2) is 0 Å². The van der Waals surface area contributed by atoms with Crippen molar-refractivity contribution in [1.29, 1.82) is 0 Å². The Balaban J connectivity index is 2.41. The fourth-order valence-electron chi connectivity index (χ4n) is 1.28. The van der Waals surface area contributed by atoms with E-state index in [4.69, 9.17) is 4.74 Å². The highest BCUT2D eigenvalue weighted by atomic mass is 19.1. The molecule has 1 N–H and O–H groups in total. The van der Waals surface area contributed by atoms with E-state index in [-0.39, 0.29) is 11.2 Å². The summed E-state index contributed by atoms with van der Waals surface area (Å²) in [7, 11) is 1.70. The molecule has 0 bridgehead atoms. The van der Waals surface area contributed by atoms with Crippen molar-refractivity contribution in [2.24, 2.45) is 5.41 Å². The maximum absolute atomic E-state index is 12.6. The standard InChI is InChI=1S/C12H19FN2O/c1-12(2,6-7-16-3)9-15-11-5-4-10(13)8-14-11/h4-5,8H,6-7,9H2,1-3H3,(H,14,15). The van der Waals surface area contributed by atoms with Crippen molar-refractivity contribution in [1.82, 2.24) is 4.98 Å². The zero-order valence-corrected chi connectivity index (χ0v) is 10.1. The van der Waals surface area contributed by atoms with E-state index < -0.39 is 0 Å². The van der Waals surface area contributed by atoms with Gasteiger partial charge in [-0.2, -0.15) is 0 Å². The second-order valence-corrected chi connectivity index (χ2v) is 4.62. The molecular formula is C12H19FN2O. The number of hydrogen-bond acceptors (Lipinski definition) is 3. The van der Waals surface area contributed by atoms with Crippen LogP contribution >= 0.6 is 0 Å². The van der Waals surface area contributed by atoms with Crippen molar-refractivity contribution in [3.8, 4) is 0 Å². The van der Waals surface area contributed by atoms with E-state index in [0.29, 0.717) is 5.82 Å². The third-order valence-electron chi connectivity index (χ3n) is 2.46. The van der Waals surface area contributed by atoms with Crippen molar-refractivity contribution < 1.29 is 9.13 Å². The average molecular weight is 226 g/mol. The van der Waals surface area contributed by atoms with Crippen molar-refractivity contribution >= 4 is 5.82 Å². The first-order valence-corrected chi connectivity index (χ1v) is 5.38. The zero-order chi connectivity index (χ0) is 12.0. The average Bonchev–Trinajstić information content (AvgIpc) is 2.26. The van der Waals surface area contributed by atoms with E-state index in [9.17, 15) is 4.39 Å². The Labute approximate surface area is 96.0 Å². The lowest BCUT2D eigenvalue weighted by Gasteiger charge is -2.24. The molecule has 0 radical (unpaired) electrons. The molecule has 0 amide bonds. The van der Waals surface area contributed by atoms with Crippen LogP contribution < -0.4 is 5.32 Å². The molecule has 1 heterocycles. The number of ether oxygens (including phenoxy) is 1. The smallest absolute Gasteiger partial charge is 0.141 e. The summed E-state index contributed by atoms with van der Waals surface area (Å²) >= 11 is 0. The van der Waals surface area contributed by atoms with Crippen LogP contribution in [0.25, 0.3) is 0 Å². The van der Waals surface area contributed by atoms with Gasteiger partial charge in [-0.05, 0) is 24.0 Å². The van der Waals surface area contributed by atoms with Gasteiger partial charge >= 0.3 is 0 Å². The Morgan fingerprint density at radius 2 is 2.19 bits per heavy atom. The molecule has 0 unspecified atom stereocenters. The van der Waals surface area contributed by atoms with Crippen LogP contribution in [0.1, 0.15) is 20.3 Å². The zero-order valence-electron chi connectivity index (χ0n) is 10.1. The highest BCUT2D eigenvalue weighted by molar-refractivity contribution is 5.33. The molecular weight excluding hydrogens is 207 g/mol. The van der Waals surface area contributed by atoms with Crippen LogP contribution in [-0.4, -0.2) is 25.2 Å². The van der Waals surface area contributed by atoms with E-state index >= 15 is 0 Å². The summed E-state index contributed by atoms with van der Waals surface area (Å²) in [4.78, 5) is 3.94. The van der Waals surface area contributed by atoms with Gasteiger partial charge in [0.05, 0.1) is 6.20 Å². The molecule has 16 heavy (non-hydrogen) atoms. The monoisotopic (exact) mass is 226 g/mol. The van der Waals surface area contributed by atoms with Crippen LogP contribution in [0, 0.1) is 11.2 Å². The minimum absolute atomic E-state index is 0.131. The van der Waals surface area contributed by atoms with Crippen LogP contribution in [0.5, 0.6) is 0 Å². The molecule has 0 saturated heterocycles. The molecule has 0 saturated carbocycles. The molecule has 1 aromatic heterocycles. The Bertz CT molecular complexity index is 311. The summed E-state index contributed by atoms with van der Waals surface area (Å²) in [5, 5.41) is 3.19. The first-order valence-electron chi connectivity index (χ1n) is 5.38. The van der Waals surface area contributed by atoms with Gasteiger partial charge in [0.25, 0.3) is 0 Å². The molecule has 0 aliphatic carbocycles. The summed E-state index contributed by atoms with van der Waals surface area (Å²) in [5.41, 5.74) is 0.131. The summed E-state index contributed by atoms with van der Waals surface area (Å²) < 4.78 is 17.7. The van der Waals surface area contributed by atoms with E-state index in [1.54, 1.807) is 13.2 Å². The molecule has 3 nitrogen and oxygen atoms in total. The molecule has 90 valence electrons. The van der Waals surface area contributed by atoms with Gasteiger partial charge in [0, 0.05) is 20.3 Å². The number of methoxy groups -OCH3 is 1. The van der Waals surface area contributed by atoms with Gasteiger partial charge in [0.1, 0.15) is 11.6 Å². The van der Waals surface area contributed by atoms with Crippen LogP contribution in [0.15, 0.2) is 18.3 Å². The molecule has 0 aromatic carbocycles. The number of aromatic nitrogens is 1. The minimum Gasteiger partial charge on any atom is -0.385 e. The van der Waals surface area contributed by atoms with E-state index in [0.717, 1.165) is 19.6 Å². The summed E-state index contributed by atoms with van der Waals surface area (Å²) in [6, 6.07) is 3.04. The SMILES string of the molecule is COCCC(C)(C)CNc1ccc(F)cn1. The van der Waals surface area contributed by atoms with Crippen LogP contribution in [-0.2, 0) is 4.74 Å². The minimum atomic E-state index is -0.316. The third-order valence-corrected chi connectivity index (χ3v) is 2.46. The van der Waals surface area contributed by atoms with Crippen LogP contribution in [0.3, 0.4) is 0 Å². The quantitative estimate of drug-likeness (QED) is 0.809. The molecule has 1 aromatic rings. The predicted octanol–water partition coefficient (Wildman–Crippen LogP) is 2.70. The number of nitrogens with one attached hydrogen (secondary N) is 1. The fourth-order valence-corrected chi connectivity index (χ4v) is 1.28. The van der Waals surface area contributed by atoms with Crippen molar-refractivity contribution in [2.75, 3.05) is 25.6 Å². The van der Waals surface area contributed by atoms with E-state index in [2.05, 4.69) is 24.1 Å². The number of anilines is 1. The molecule has 0 aliphatic rings. The lowest BCUT2D eigenvalue weighted by molar-refractivity contribution is 0.157. The van der Waals surface area contributed by atoms with E-state index in [1.807, 2.05) is 0 Å². The van der Waals surface area contributed by atoms with Crippen molar-refractivity contribution in [2.45, 2.75) is 20.3 Å². The summed E-state index contributed by atoms with van der Waals surface area (Å²) in [6.45, 7) is 5.84. The first kappa shape index (κ1) is 12.9. The van der Waals surface area contributed by atoms with Crippen molar-refractivity contribution in [3.63, 3.8) is 0 Å². The molecule has 0 fully saturated rings. The van der Waals surface area contributed by atoms with Crippen LogP contribution in [0.2, 0.25) is 0 Å². The number of nitrogens with zero attached hydrogens (tertiary/aromatic N) is 1. The Morgan fingerprint density at radius 3 is 2.75 bits per heavy atom. The summed E-state index contributed by atoms with van der Waals surface area (Å²) in [5.74, 6) is 0.385. The maximum atomic E-state index is 12.6. The molecule has 0 spiro atoms.